The van der Waals surface area contributed by atoms with E-state index >= 15 is 0 Å². The second kappa shape index (κ2) is 4.04. The van der Waals surface area contributed by atoms with Crippen molar-refractivity contribution in [3.05, 3.63) is 18.6 Å². The average molecular weight is 233 g/mol. The van der Waals surface area contributed by atoms with Crippen LogP contribution in [0.3, 0.4) is 0 Å². The van der Waals surface area contributed by atoms with Crippen LogP contribution in [0.4, 0.5) is 5.82 Å². The molecule has 0 fully saturated rings. The summed E-state index contributed by atoms with van der Waals surface area (Å²) in [5.41, 5.74) is 1.34. The van der Waals surface area contributed by atoms with Crippen LogP contribution in [0.1, 0.15) is 19.5 Å². The molecule has 0 radical (unpaired) electrons. The van der Waals surface area contributed by atoms with Crippen molar-refractivity contribution in [2.75, 3.05) is 0 Å². The Morgan fingerprint density at radius 3 is 2.94 bits per heavy atom. The van der Waals surface area contributed by atoms with E-state index in [1.54, 1.807) is 10.9 Å². The van der Waals surface area contributed by atoms with Crippen LogP contribution in [0.15, 0.2) is 17.9 Å². The van der Waals surface area contributed by atoms with Gasteiger partial charge in [0.15, 0.2) is 5.82 Å². The van der Waals surface area contributed by atoms with Gasteiger partial charge in [0.2, 0.25) is 11.9 Å². The normalized spacial score (nSPS) is 14.1. The molecule has 90 valence electrons. The van der Waals surface area contributed by atoms with Gasteiger partial charge in [-0.25, -0.2) is 4.98 Å². The minimum atomic E-state index is -0.0966. The monoisotopic (exact) mass is 233 g/mol. The molecule has 0 aromatic carbocycles. The fourth-order valence-electron chi connectivity index (χ4n) is 1.42. The smallest absolute Gasteiger partial charge is 0.229 e. The molecule has 0 saturated carbocycles. The van der Waals surface area contributed by atoms with Crippen molar-refractivity contribution in [3.63, 3.8) is 0 Å². The lowest BCUT2D eigenvalue weighted by Gasteiger charge is -2.18. The second-order valence-electron chi connectivity index (χ2n) is 4.24. The van der Waals surface area contributed by atoms with E-state index in [-0.39, 0.29) is 11.8 Å². The molecule has 1 aliphatic heterocycles. The number of amides is 1. The topological polar surface area (TPSA) is 71.3 Å². The third kappa shape index (κ3) is 2.06. The number of imidazole rings is 1. The number of guanidine groups is 1. The Labute approximate surface area is 99.5 Å². The number of hydrogen-bond acceptors (Lipinski definition) is 4. The summed E-state index contributed by atoms with van der Waals surface area (Å²) in [5, 5.41) is 5.62. The molecule has 2 heterocycles. The molecule has 0 atom stereocenters. The van der Waals surface area contributed by atoms with Gasteiger partial charge >= 0.3 is 0 Å². The van der Waals surface area contributed by atoms with E-state index in [9.17, 15) is 4.79 Å². The maximum Gasteiger partial charge on any atom is 0.229 e. The minimum absolute atomic E-state index is 0.0883. The molecule has 1 aromatic rings. The summed E-state index contributed by atoms with van der Waals surface area (Å²) in [5.74, 6) is 0.896. The van der Waals surface area contributed by atoms with Crippen molar-refractivity contribution in [1.82, 2.24) is 20.2 Å². The predicted octanol–water partition coefficient (Wildman–Crippen LogP) is 0.754. The average Bonchev–Trinajstić information content (AvgIpc) is 2.61. The predicted molar refractivity (Wildman–Crippen MR) is 65.5 cm³/mol. The first-order valence-electron chi connectivity index (χ1n) is 5.36. The van der Waals surface area contributed by atoms with E-state index in [0.29, 0.717) is 23.2 Å². The van der Waals surface area contributed by atoms with E-state index in [0.717, 1.165) is 0 Å². The molecule has 0 saturated heterocycles. The molecule has 1 aliphatic rings. The van der Waals surface area contributed by atoms with Gasteiger partial charge < -0.3 is 9.88 Å². The first-order valence-corrected chi connectivity index (χ1v) is 5.36. The molecule has 1 amide bonds. The van der Waals surface area contributed by atoms with Crippen LogP contribution in [-0.4, -0.2) is 21.4 Å². The Bertz CT molecular complexity index is 512. The van der Waals surface area contributed by atoms with Gasteiger partial charge in [0, 0.05) is 13.0 Å². The summed E-state index contributed by atoms with van der Waals surface area (Å²) in [7, 11) is 1.84. The van der Waals surface area contributed by atoms with E-state index in [1.165, 1.54) is 0 Å². The second-order valence-corrected chi connectivity index (χ2v) is 4.24. The van der Waals surface area contributed by atoms with E-state index in [4.69, 9.17) is 0 Å². The van der Waals surface area contributed by atoms with Crippen LogP contribution >= 0.6 is 0 Å². The number of fused-ring (bicyclic) bond motifs is 1. The van der Waals surface area contributed by atoms with Crippen LogP contribution < -0.4 is 10.6 Å². The molecule has 6 heteroatoms. The molecule has 0 aliphatic carbocycles. The van der Waals surface area contributed by atoms with Crippen molar-refractivity contribution < 1.29 is 4.79 Å². The summed E-state index contributed by atoms with van der Waals surface area (Å²) < 4.78 is 1.78. The summed E-state index contributed by atoms with van der Waals surface area (Å²) in [6, 6.07) is 0. The first-order chi connectivity index (χ1) is 7.99. The largest absolute Gasteiger partial charge is 0.324 e. The molecule has 2 N–H and O–H groups in total. The third-order valence-electron chi connectivity index (χ3n) is 2.44. The number of hydrogen-bond donors (Lipinski definition) is 2. The highest BCUT2D eigenvalue weighted by atomic mass is 16.2. The van der Waals surface area contributed by atoms with Crippen molar-refractivity contribution in [2.24, 2.45) is 18.0 Å². The van der Waals surface area contributed by atoms with Crippen molar-refractivity contribution in [1.29, 1.82) is 0 Å². The van der Waals surface area contributed by atoms with Gasteiger partial charge in [0.05, 0.1) is 12.0 Å². The number of nitrogens with zero attached hydrogens (tertiary/aromatic N) is 3. The van der Waals surface area contributed by atoms with Gasteiger partial charge in [0.1, 0.15) is 5.69 Å². The first kappa shape index (κ1) is 11.4. The van der Waals surface area contributed by atoms with Gasteiger partial charge in [0.25, 0.3) is 0 Å². The van der Waals surface area contributed by atoms with Gasteiger partial charge in [-0.1, -0.05) is 20.4 Å². The van der Waals surface area contributed by atoms with Crippen LogP contribution in [-0.2, 0) is 11.8 Å². The SMILES string of the molecule is C=C1NC(NC(=O)C(C)C)=Nc2c1ncn2C. The molecule has 2 rings (SSSR count). The highest BCUT2D eigenvalue weighted by molar-refractivity contribution is 6.03. The van der Waals surface area contributed by atoms with Crippen molar-refractivity contribution >= 4 is 23.4 Å². The van der Waals surface area contributed by atoms with E-state index < -0.39 is 0 Å². The maximum absolute atomic E-state index is 11.6. The van der Waals surface area contributed by atoms with Gasteiger partial charge in [-0.3, -0.25) is 10.1 Å². The lowest BCUT2D eigenvalue weighted by atomic mass is 10.2. The van der Waals surface area contributed by atoms with Crippen molar-refractivity contribution in [3.8, 4) is 0 Å². The summed E-state index contributed by atoms with van der Waals surface area (Å²) >= 11 is 0. The zero-order valence-corrected chi connectivity index (χ0v) is 10.1. The van der Waals surface area contributed by atoms with Crippen LogP contribution in [0.25, 0.3) is 5.70 Å². The van der Waals surface area contributed by atoms with Gasteiger partial charge in [-0.15, -0.1) is 0 Å². The fourth-order valence-corrected chi connectivity index (χ4v) is 1.42. The Morgan fingerprint density at radius 2 is 2.29 bits per heavy atom. The maximum atomic E-state index is 11.6. The Balaban J connectivity index is 2.28. The van der Waals surface area contributed by atoms with E-state index in [1.807, 2.05) is 20.9 Å². The fraction of sp³-hybridized carbons (Fsp3) is 0.364. The zero-order valence-electron chi connectivity index (χ0n) is 10.1. The lowest BCUT2D eigenvalue weighted by Crippen LogP contribution is -2.42. The number of carbonyl (C=O) groups excluding carboxylic acids is 1. The van der Waals surface area contributed by atoms with Crippen LogP contribution in [0, 0.1) is 5.92 Å². The van der Waals surface area contributed by atoms with Crippen LogP contribution in [0.5, 0.6) is 0 Å². The zero-order chi connectivity index (χ0) is 12.6. The highest BCUT2D eigenvalue weighted by Crippen LogP contribution is 2.25. The number of aromatic nitrogens is 2. The molecular formula is C11H15N5O. The molecular weight excluding hydrogens is 218 g/mol. The molecule has 0 bridgehead atoms. The van der Waals surface area contributed by atoms with Gasteiger partial charge in [-0.05, 0) is 0 Å². The molecule has 17 heavy (non-hydrogen) atoms. The molecule has 1 aromatic heterocycles. The number of rotatable bonds is 1. The Morgan fingerprint density at radius 1 is 1.59 bits per heavy atom. The van der Waals surface area contributed by atoms with Gasteiger partial charge in [-0.2, -0.15) is 4.99 Å². The summed E-state index contributed by atoms with van der Waals surface area (Å²) in [6.07, 6.45) is 1.66. The summed E-state index contributed by atoms with van der Waals surface area (Å²) in [6.45, 7) is 7.50. The molecule has 0 spiro atoms. The van der Waals surface area contributed by atoms with Crippen LogP contribution in [0.2, 0.25) is 0 Å². The molecule has 6 nitrogen and oxygen atoms in total. The highest BCUT2D eigenvalue weighted by Gasteiger charge is 2.20. The standard InChI is InChI=1S/C11H15N5O/c1-6(2)10(17)15-11-13-7(3)8-9(14-11)16(4)5-12-8/h5-6H,3H2,1-2,4H3,(H2,13,14,15,17). The minimum Gasteiger partial charge on any atom is -0.324 e. The lowest BCUT2D eigenvalue weighted by molar-refractivity contribution is -0.122. The number of aryl methyl sites for hydroxylation is 1. The third-order valence-corrected chi connectivity index (χ3v) is 2.44. The Hall–Kier alpha value is -2.11. The number of carbonyl (C=O) groups is 1. The molecule has 0 unspecified atom stereocenters. The Kier molecular flexibility index (Phi) is 2.71. The quantitative estimate of drug-likeness (QED) is 0.752. The number of aliphatic imine (C=N–C) groups is 1. The van der Waals surface area contributed by atoms with E-state index in [2.05, 4.69) is 27.2 Å². The van der Waals surface area contributed by atoms with Crippen molar-refractivity contribution in [2.45, 2.75) is 13.8 Å². The summed E-state index contributed by atoms with van der Waals surface area (Å²) in [4.78, 5) is 20.0. The number of nitrogens with one attached hydrogen (secondary N) is 2.